The summed E-state index contributed by atoms with van der Waals surface area (Å²) in [5.74, 6) is -0.254. The van der Waals surface area contributed by atoms with Crippen molar-refractivity contribution in [1.29, 1.82) is 0 Å². The van der Waals surface area contributed by atoms with Crippen molar-refractivity contribution < 1.29 is 14.6 Å². The number of carbonyl (C=O) groups is 1. The summed E-state index contributed by atoms with van der Waals surface area (Å²) in [5.41, 5.74) is 1.16. The molecule has 3 heteroatoms. The highest BCUT2D eigenvalue weighted by molar-refractivity contribution is 5.66. The van der Waals surface area contributed by atoms with Crippen LogP contribution in [0, 0.1) is 5.41 Å². The van der Waals surface area contributed by atoms with Gasteiger partial charge in [-0.1, -0.05) is 32.6 Å². The van der Waals surface area contributed by atoms with Gasteiger partial charge < -0.3 is 9.84 Å². The van der Waals surface area contributed by atoms with E-state index in [1.165, 1.54) is 13.0 Å². The van der Waals surface area contributed by atoms with Crippen LogP contribution in [-0.2, 0) is 9.53 Å². The molecule has 112 valence electrons. The minimum absolute atomic E-state index is 0.00842. The summed E-state index contributed by atoms with van der Waals surface area (Å²) in [6, 6.07) is 0. The fraction of sp³-hybridized carbons (Fsp3) is 0.588. The molecule has 20 heavy (non-hydrogen) atoms. The Morgan fingerprint density at radius 1 is 1.55 bits per heavy atom. The zero-order valence-electron chi connectivity index (χ0n) is 13.2. The predicted octanol–water partition coefficient (Wildman–Crippen LogP) is 3.55. The van der Waals surface area contributed by atoms with Crippen LogP contribution in [0.25, 0.3) is 0 Å². The summed E-state index contributed by atoms with van der Waals surface area (Å²) >= 11 is 0. The van der Waals surface area contributed by atoms with E-state index in [9.17, 15) is 9.90 Å². The molecule has 0 radical (unpaired) electrons. The molecule has 1 N–H and O–H groups in total. The Bertz CT molecular complexity index is 453. The third-order valence-electron chi connectivity index (χ3n) is 3.98. The molecule has 0 amide bonds. The molecule has 0 aromatic carbocycles. The first-order valence-electron chi connectivity index (χ1n) is 7.03. The molecule has 1 aliphatic rings. The zero-order chi connectivity index (χ0) is 15.6. The summed E-state index contributed by atoms with van der Waals surface area (Å²) in [6.07, 6.45) is 6.79. The SMILES string of the molecule is C=CC(C)(O)/C=C/C1=C(C)C(OC(C)=O)CCC1(C)C. The van der Waals surface area contributed by atoms with Crippen LogP contribution in [-0.4, -0.2) is 22.8 Å². The predicted molar refractivity (Wildman–Crippen MR) is 81.2 cm³/mol. The normalized spacial score (nSPS) is 25.4. The van der Waals surface area contributed by atoms with Crippen LogP contribution < -0.4 is 0 Å². The van der Waals surface area contributed by atoms with E-state index < -0.39 is 5.60 Å². The number of hydrogen-bond donors (Lipinski definition) is 1. The Morgan fingerprint density at radius 3 is 2.65 bits per heavy atom. The maximum atomic E-state index is 11.2. The summed E-state index contributed by atoms with van der Waals surface area (Å²) in [5, 5.41) is 10.0. The molecule has 0 aromatic heterocycles. The molecule has 2 unspecified atom stereocenters. The number of allylic oxidation sites excluding steroid dienone is 2. The third-order valence-corrected chi connectivity index (χ3v) is 3.98. The zero-order valence-corrected chi connectivity index (χ0v) is 13.2. The van der Waals surface area contributed by atoms with Gasteiger partial charge in [0.25, 0.3) is 0 Å². The van der Waals surface area contributed by atoms with Crippen LogP contribution in [0.3, 0.4) is 0 Å². The third kappa shape index (κ3) is 4.07. The van der Waals surface area contributed by atoms with Gasteiger partial charge in [0, 0.05) is 6.92 Å². The molecule has 1 aliphatic carbocycles. The minimum atomic E-state index is -1.03. The quantitative estimate of drug-likeness (QED) is 0.632. The van der Waals surface area contributed by atoms with Gasteiger partial charge in [-0.15, -0.1) is 0 Å². The Balaban J connectivity index is 3.13. The first-order valence-corrected chi connectivity index (χ1v) is 7.03. The van der Waals surface area contributed by atoms with E-state index in [0.717, 1.165) is 24.0 Å². The van der Waals surface area contributed by atoms with Gasteiger partial charge in [-0.2, -0.15) is 0 Å². The van der Waals surface area contributed by atoms with Crippen molar-refractivity contribution in [2.24, 2.45) is 5.41 Å². The van der Waals surface area contributed by atoms with Gasteiger partial charge in [0.2, 0.25) is 0 Å². The Morgan fingerprint density at radius 2 is 2.15 bits per heavy atom. The van der Waals surface area contributed by atoms with E-state index in [4.69, 9.17) is 4.74 Å². The van der Waals surface area contributed by atoms with Crippen molar-refractivity contribution in [1.82, 2.24) is 0 Å². The molecule has 0 saturated heterocycles. The highest BCUT2D eigenvalue weighted by atomic mass is 16.5. The highest BCUT2D eigenvalue weighted by Crippen LogP contribution is 2.42. The average Bonchev–Trinajstić information content (AvgIpc) is 2.32. The molecular formula is C17H26O3. The largest absolute Gasteiger partial charge is 0.458 e. The second kappa shape index (κ2) is 5.96. The Kier molecular flexibility index (Phi) is 4.98. The second-order valence-electron chi connectivity index (χ2n) is 6.38. The molecular weight excluding hydrogens is 252 g/mol. The van der Waals surface area contributed by atoms with Crippen molar-refractivity contribution in [3.8, 4) is 0 Å². The van der Waals surface area contributed by atoms with Crippen molar-refractivity contribution in [3.05, 3.63) is 36.0 Å². The topological polar surface area (TPSA) is 46.5 Å². The van der Waals surface area contributed by atoms with Gasteiger partial charge in [0.15, 0.2) is 0 Å². The molecule has 0 bridgehead atoms. The number of aliphatic hydroxyl groups is 1. The van der Waals surface area contributed by atoms with E-state index >= 15 is 0 Å². The molecule has 0 saturated carbocycles. The van der Waals surface area contributed by atoms with E-state index in [0.29, 0.717) is 0 Å². The lowest BCUT2D eigenvalue weighted by Gasteiger charge is -2.37. The molecule has 0 aliphatic heterocycles. The first kappa shape index (κ1) is 16.7. The van der Waals surface area contributed by atoms with Gasteiger partial charge in [-0.3, -0.25) is 4.79 Å². The fourth-order valence-corrected chi connectivity index (χ4v) is 2.58. The average molecular weight is 278 g/mol. The standard InChI is InChI=1S/C17H26O3/c1-7-17(6,19)11-8-14-12(2)15(20-13(3)18)9-10-16(14,4)5/h7-8,11,15,19H,1,9-10H2,2-6H3/b11-8+. The van der Waals surface area contributed by atoms with Crippen LogP contribution >= 0.6 is 0 Å². The van der Waals surface area contributed by atoms with Crippen LogP contribution in [0.15, 0.2) is 36.0 Å². The second-order valence-corrected chi connectivity index (χ2v) is 6.38. The first-order chi connectivity index (χ1) is 9.09. The monoisotopic (exact) mass is 278 g/mol. The van der Waals surface area contributed by atoms with E-state index in [1.807, 2.05) is 13.0 Å². The smallest absolute Gasteiger partial charge is 0.303 e. The van der Waals surface area contributed by atoms with Crippen LogP contribution in [0.5, 0.6) is 0 Å². The number of hydrogen-bond acceptors (Lipinski definition) is 3. The lowest BCUT2D eigenvalue weighted by molar-refractivity contribution is -0.145. The maximum absolute atomic E-state index is 11.2. The molecule has 3 nitrogen and oxygen atoms in total. The maximum Gasteiger partial charge on any atom is 0.303 e. The summed E-state index contributed by atoms with van der Waals surface area (Å²) in [4.78, 5) is 11.2. The van der Waals surface area contributed by atoms with Crippen molar-refractivity contribution in [2.75, 3.05) is 0 Å². The Labute approximate surface area is 122 Å². The van der Waals surface area contributed by atoms with Crippen molar-refractivity contribution in [2.45, 2.75) is 59.2 Å². The Hall–Kier alpha value is -1.35. The lowest BCUT2D eigenvalue weighted by atomic mass is 9.71. The van der Waals surface area contributed by atoms with Crippen LogP contribution in [0.2, 0.25) is 0 Å². The van der Waals surface area contributed by atoms with Gasteiger partial charge >= 0.3 is 5.97 Å². The molecule has 0 spiro atoms. The molecule has 2 atom stereocenters. The lowest BCUT2D eigenvalue weighted by Crippen LogP contribution is -2.30. The number of carbonyl (C=O) groups excluding carboxylic acids is 1. The van der Waals surface area contributed by atoms with Gasteiger partial charge in [-0.05, 0) is 49.3 Å². The number of esters is 1. The van der Waals surface area contributed by atoms with Gasteiger partial charge in [-0.25, -0.2) is 0 Å². The summed E-state index contributed by atoms with van der Waals surface area (Å²) in [7, 11) is 0. The van der Waals surface area contributed by atoms with E-state index in [-0.39, 0.29) is 17.5 Å². The van der Waals surface area contributed by atoms with E-state index in [1.54, 1.807) is 13.0 Å². The van der Waals surface area contributed by atoms with Crippen LogP contribution in [0.4, 0.5) is 0 Å². The molecule has 1 rings (SSSR count). The van der Waals surface area contributed by atoms with Crippen LogP contribution in [0.1, 0.15) is 47.5 Å². The van der Waals surface area contributed by atoms with Crippen molar-refractivity contribution >= 4 is 5.97 Å². The van der Waals surface area contributed by atoms with Gasteiger partial charge in [0.1, 0.15) is 6.10 Å². The van der Waals surface area contributed by atoms with Gasteiger partial charge in [0.05, 0.1) is 5.60 Å². The molecule has 0 heterocycles. The molecule has 0 fully saturated rings. The molecule has 0 aromatic rings. The highest BCUT2D eigenvalue weighted by Gasteiger charge is 2.33. The number of ether oxygens (including phenoxy) is 1. The van der Waals surface area contributed by atoms with E-state index in [2.05, 4.69) is 20.4 Å². The van der Waals surface area contributed by atoms with Crippen molar-refractivity contribution in [3.63, 3.8) is 0 Å². The minimum Gasteiger partial charge on any atom is -0.458 e. The fourth-order valence-electron chi connectivity index (χ4n) is 2.58. The summed E-state index contributed by atoms with van der Waals surface area (Å²) in [6.45, 7) is 13.1. The number of rotatable bonds is 4. The summed E-state index contributed by atoms with van der Waals surface area (Å²) < 4.78 is 5.37.